The minimum atomic E-state index is -4.37. The van der Waals surface area contributed by atoms with Gasteiger partial charge < -0.3 is 0 Å². The van der Waals surface area contributed by atoms with Gasteiger partial charge in [0.2, 0.25) is 0 Å². The Morgan fingerprint density at radius 3 is 2.47 bits per heavy atom. The second-order valence-corrected chi connectivity index (χ2v) is 4.72. The van der Waals surface area contributed by atoms with E-state index in [9.17, 15) is 13.2 Å². The lowest BCUT2D eigenvalue weighted by Crippen LogP contribution is -2.06. The smallest absolute Gasteiger partial charge is 0.198 e. The van der Waals surface area contributed by atoms with Gasteiger partial charge >= 0.3 is 6.18 Å². The fourth-order valence-electron chi connectivity index (χ4n) is 1.02. The van der Waals surface area contributed by atoms with Crippen LogP contribution in [0.5, 0.6) is 0 Å². The zero-order valence-electron chi connectivity index (χ0n) is 7.20. The maximum Gasteiger partial charge on any atom is 0.416 e. The van der Waals surface area contributed by atoms with Gasteiger partial charge in [0.1, 0.15) is 0 Å². The van der Waals surface area contributed by atoms with E-state index in [-0.39, 0.29) is 6.42 Å². The van der Waals surface area contributed by atoms with Crippen molar-refractivity contribution in [3.8, 4) is 6.07 Å². The minimum absolute atomic E-state index is 0.0412. The lowest BCUT2D eigenvalue weighted by molar-refractivity contribution is -0.137. The number of nitriles is 1. The lowest BCUT2D eigenvalue weighted by atomic mass is 10.1. The number of benzene rings is 1. The first-order chi connectivity index (χ1) is 6.86. The lowest BCUT2D eigenvalue weighted by Gasteiger charge is -2.10. The van der Waals surface area contributed by atoms with Gasteiger partial charge in [-0.3, -0.25) is 0 Å². The van der Waals surface area contributed by atoms with Crippen LogP contribution in [0.4, 0.5) is 13.2 Å². The van der Waals surface area contributed by atoms with Crippen LogP contribution in [0.2, 0.25) is 0 Å². The van der Waals surface area contributed by atoms with Crippen molar-refractivity contribution in [2.75, 3.05) is 0 Å². The number of nitrogens with zero attached hydrogens (tertiary/aromatic N) is 1. The van der Waals surface area contributed by atoms with Gasteiger partial charge in [0.15, 0.2) is 0 Å². The van der Waals surface area contributed by atoms with Gasteiger partial charge in [0, 0.05) is 8.04 Å². The van der Waals surface area contributed by atoms with Crippen LogP contribution < -0.4 is 0 Å². The molecule has 0 fully saturated rings. The molecule has 0 aliphatic rings. The Kier molecular flexibility index (Phi) is 4.00. The molecule has 0 aliphatic heterocycles. The van der Waals surface area contributed by atoms with Crippen molar-refractivity contribution in [3.63, 3.8) is 0 Å². The first-order valence-electron chi connectivity index (χ1n) is 3.78. The van der Waals surface area contributed by atoms with Gasteiger partial charge in [-0.2, -0.15) is 18.4 Å². The summed E-state index contributed by atoms with van der Waals surface area (Å²) in [6, 6.07) is 3.87. The maximum atomic E-state index is 12.4. The van der Waals surface area contributed by atoms with Gasteiger partial charge in [-0.05, 0) is 56.2 Å². The molecule has 0 atom stereocenters. The molecule has 15 heavy (non-hydrogen) atoms. The topological polar surface area (TPSA) is 23.8 Å². The van der Waals surface area contributed by atoms with Crippen LogP contribution in [-0.2, 0) is 12.6 Å². The van der Waals surface area contributed by atoms with Crippen molar-refractivity contribution in [2.45, 2.75) is 12.6 Å². The van der Waals surface area contributed by atoms with Crippen molar-refractivity contribution in [3.05, 3.63) is 31.3 Å². The molecule has 0 heterocycles. The Labute approximate surface area is 107 Å². The summed E-state index contributed by atoms with van der Waals surface area (Å²) in [5, 5.41) is 8.47. The molecule has 1 aromatic rings. The van der Waals surface area contributed by atoms with Crippen molar-refractivity contribution >= 4 is 38.5 Å². The zero-order chi connectivity index (χ0) is 11.6. The number of rotatable bonds is 1. The summed E-state index contributed by atoms with van der Waals surface area (Å²) in [5.74, 6) is 0. The molecule has 0 unspecified atom stereocenters. The van der Waals surface area contributed by atoms with Crippen LogP contribution in [0.15, 0.2) is 16.6 Å². The SMILES string of the molecule is N#CCc1cc(C(F)(F)F)cc(I)c1Br. The second kappa shape index (κ2) is 4.70. The summed E-state index contributed by atoms with van der Waals surface area (Å²) in [6.45, 7) is 0. The molecule has 1 nitrogen and oxygen atoms in total. The summed E-state index contributed by atoms with van der Waals surface area (Å²) >= 11 is 4.96. The van der Waals surface area contributed by atoms with E-state index in [2.05, 4.69) is 15.9 Å². The molecule has 0 saturated heterocycles. The third-order valence-corrected chi connectivity index (χ3v) is 4.23. The second-order valence-electron chi connectivity index (χ2n) is 2.76. The van der Waals surface area contributed by atoms with Crippen LogP contribution in [0.3, 0.4) is 0 Å². The highest BCUT2D eigenvalue weighted by molar-refractivity contribution is 14.1. The standard InChI is InChI=1S/C9H4BrF3IN/c10-8-5(1-2-15)3-6(4-7(8)14)9(11,12)13/h3-4H,1H2. The highest BCUT2D eigenvalue weighted by Gasteiger charge is 2.31. The Bertz CT molecular complexity index is 423. The molecule has 0 aromatic heterocycles. The quantitative estimate of drug-likeness (QED) is 0.662. The van der Waals surface area contributed by atoms with Gasteiger partial charge in [-0.1, -0.05) is 0 Å². The molecule has 80 valence electrons. The predicted octanol–water partition coefficient (Wildman–Crippen LogP) is 4.14. The van der Waals surface area contributed by atoms with Crippen LogP contribution in [0.1, 0.15) is 11.1 Å². The van der Waals surface area contributed by atoms with Crippen LogP contribution in [-0.4, -0.2) is 0 Å². The molecule has 1 aromatic carbocycles. The van der Waals surface area contributed by atoms with E-state index >= 15 is 0 Å². The Morgan fingerprint density at radius 2 is 2.00 bits per heavy atom. The van der Waals surface area contributed by atoms with E-state index in [0.717, 1.165) is 12.1 Å². The summed E-state index contributed by atoms with van der Waals surface area (Å²) < 4.78 is 38.3. The summed E-state index contributed by atoms with van der Waals surface area (Å²) in [6.07, 6.45) is -4.41. The van der Waals surface area contributed by atoms with Crippen molar-refractivity contribution in [1.82, 2.24) is 0 Å². The average Bonchev–Trinajstić information content (AvgIpc) is 2.11. The Hall–Kier alpha value is -0.290. The molecule has 0 N–H and O–H groups in total. The zero-order valence-corrected chi connectivity index (χ0v) is 10.9. The van der Waals surface area contributed by atoms with Gasteiger partial charge in [0.25, 0.3) is 0 Å². The third-order valence-electron chi connectivity index (χ3n) is 1.70. The van der Waals surface area contributed by atoms with Gasteiger partial charge in [-0.25, -0.2) is 0 Å². The molecule has 6 heteroatoms. The van der Waals surface area contributed by atoms with Crippen LogP contribution >= 0.6 is 38.5 Å². The van der Waals surface area contributed by atoms with E-state index in [0.29, 0.717) is 13.6 Å². The number of hydrogen-bond donors (Lipinski definition) is 0. The monoisotopic (exact) mass is 389 g/mol. The molecule has 0 bridgehead atoms. The fraction of sp³-hybridized carbons (Fsp3) is 0.222. The Balaban J connectivity index is 3.31. The first-order valence-corrected chi connectivity index (χ1v) is 5.65. The van der Waals surface area contributed by atoms with E-state index in [1.165, 1.54) is 0 Å². The molecular formula is C9H4BrF3IN. The molecule has 0 amide bonds. The van der Waals surface area contributed by atoms with Crippen molar-refractivity contribution < 1.29 is 13.2 Å². The van der Waals surface area contributed by atoms with Gasteiger partial charge in [0.05, 0.1) is 18.1 Å². The first kappa shape index (κ1) is 12.8. The van der Waals surface area contributed by atoms with E-state index in [1.807, 2.05) is 6.07 Å². The number of halogens is 5. The normalized spacial score (nSPS) is 11.2. The molecule has 0 saturated carbocycles. The fourth-order valence-corrected chi connectivity index (χ4v) is 2.07. The predicted molar refractivity (Wildman–Crippen MR) is 61.2 cm³/mol. The molecular weight excluding hydrogens is 386 g/mol. The minimum Gasteiger partial charge on any atom is -0.198 e. The number of alkyl halides is 3. The highest BCUT2D eigenvalue weighted by Crippen LogP contribution is 2.34. The van der Waals surface area contributed by atoms with Crippen LogP contribution in [0.25, 0.3) is 0 Å². The van der Waals surface area contributed by atoms with Gasteiger partial charge in [-0.15, -0.1) is 0 Å². The Morgan fingerprint density at radius 1 is 1.40 bits per heavy atom. The highest BCUT2D eigenvalue weighted by atomic mass is 127. The summed E-state index contributed by atoms with van der Waals surface area (Å²) in [7, 11) is 0. The van der Waals surface area contributed by atoms with Crippen LogP contribution in [0, 0.1) is 14.9 Å². The summed E-state index contributed by atoms with van der Waals surface area (Å²) in [5.41, 5.74) is -0.364. The largest absolute Gasteiger partial charge is 0.416 e. The number of hydrogen-bond acceptors (Lipinski definition) is 1. The molecule has 0 radical (unpaired) electrons. The molecule has 1 rings (SSSR count). The summed E-state index contributed by atoms with van der Waals surface area (Å²) in [4.78, 5) is 0. The van der Waals surface area contributed by atoms with Crippen molar-refractivity contribution in [2.24, 2.45) is 0 Å². The van der Waals surface area contributed by atoms with E-state index < -0.39 is 11.7 Å². The maximum absolute atomic E-state index is 12.4. The molecule has 0 aliphatic carbocycles. The average molecular weight is 390 g/mol. The van der Waals surface area contributed by atoms with E-state index in [1.54, 1.807) is 22.6 Å². The van der Waals surface area contributed by atoms with E-state index in [4.69, 9.17) is 5.26 Å². The van der Waals surface area contributed by atoms with Crippen molar-refractivity contribution in [1.29, 1.82) is 5.26 Å². The molecule has 0 spiro atoms. The third kappa shape index (κ3) is 3.08.